The molecule has 1 amide bonds. The predicted octanol–water partition coefficient (Wildman–Crippen LogP) is 2.78. The molecule has 29 heavy (non-hydrogen) atoms. The molecule has 1 aromatic rings. The van der Waals surface area contributed by atoms with Crippen LogP contribution in [0.5, 0.6) is 5.75 Å². The monoisotopic (exact) mass is 512 g/mol. The van der Waals surface area contributed by atoms with Gasteiger partial charge in [-0.25, -0.2) is 0 Å². The highest BCUT2D eigenvalue weighted by molar-refractivity contribution is 14.0. The number of carbonyl (C=O) groups is 1. The van der Waals surface area contributed by atoms with Gasteiger partial charge in [-0.3, -0.25) is 9.79 Å². The summed E-state index contributed by atoms with van der Waals surface area (Å²) in [6.45, 7) is 1.63. The maximum absolute atomic E-state index is 12.4. The molecule has 2 unspecified atom stereocenters. The number of hydrogen-bond donors (Lipinski definition) is 3. The number of nitrogens with one attached hydrogen (secondary N) is 3. The minimum atomic E-state index is 0. The first-order chi connectivity index (χ1) is 13.7. The van der Waals surface area contributed by atoms with E-state index in [0.717, 1.165) is 76.2 Å². The summed E-state index contributed by atoms with van der Waals surface area (Å²) in [4.78, 5) is 16.7. The largest absolute Gasteiger partial charge is 0.493 e. The number of hydrogen-bond acceptors (Lipinski definition) is 3. The van der Waals surface area contributed by atoms with Gasteiger partial charge in [-0.2, -0.15) is 0 Å². The van der Waals surface area contributed by atoms with Crippen molar-refractivity contribution in [1.29, 1.82) is 0 Å². The lowest BCUT2D eigenvalue weighted by molar-refractivity contribution is -0.126. The molecular weight excluding hydrogens is 479 g/mol. The molecule has 1 heterocycles. The fourth-order valence-corrected chi connectivity index (χ4v) is 4.21. The lowest BCUT2D eigenvalue weighted by atomic mass is 9.85. The Hall–Kier alpha value is -1.51. The quantitative estimate of drug-likeness (QED) is 0.312. The highest BCUT2D eigenvalue weighted by Crippen LogP contribution is 2.27. The SMILES string of the molecule is CN=C(NCCc1ccc2c(c1)CCO2)NC1CCCC(C(=O)NC2CC2)C1.I. The third-order valence-electron chi connectivity index (χ3n) is 5.99. The van der Waals surface area contributed by atoms with Crippen molar-refractivity contribution in [2.24, 2.45) is 10.9 Å². The van der Waals surface area contributed by atoms with Gasteiger partial charge >= 0.3 is 0 Å². The molecule has 0 bridgehead atoms. The molecule has 3 aliphatic rings. The number of ether oxygens (including phenoxy) is 1. The van der Waals surface area contributed by atoms with Crippen molar-refractivity contribution in [2.75, 3.05) is 20.2 Å². The lowest BCUT2D eigenvalue weighted by Gasteiger charge is -2.30. The van der Waals surface area contributed by atoms with Crippen LogP contribution in [0.2, 0.25) is 0 Å². The molecule has 1 aliphatic heterocycles. The average molecular weight is 512 g/mol. The molecule has 2 saturated carbocycles. The number of benzene rings is 1. The van der Waals surface area contributed by atoms with E-state index in [1.165, 1.54) is 11.1 Å². The third kappa shape index (κ3) is 6.23. The number of nitrogens with zero attached hydrogens (tertiary/aromatic N) is 1. The zero-order valence-corrected chi connectivity index (χ0v) is 19.5. The van der Waals surface area contributed by atoms with E-state index < -0.39 is 0 Å². The highest BCUT2D eigenvalue weighted by Gasteiger charge is 2.31. The van der Waals surface area contributed by atoms with Crippen molar-refractivity contribution in [3.8, 4) is 5.75 Å². The van der Waals surface area contributed by atoms with E-state index in [1.807, 2.05) is 7.05 Å². The second-order valence-corrected chi connectivity index (χ2v) is 8.28. The molecule has 3 N–H and O–H groups in total. The summed E-state index contributed by atoms with van der Waals surface area (Å²) in [6.07, 6.45) is 8.34. The highest BCUT2D eigenvalue weighted by atomic mass is 127. The summed E-state index contributed by atoms with van der Waals surface area (Å²) in [5.74, 6) is 2.25. The van der Waals surface area contributed by atoms with E-state index in [1.54, 1.807) is 0 Å². The fourth-order valence-electron chi connectivity index (χ4n) is 4.21. The Morgan fingerprint density at radius 1 is 1.17 bits per heavy atom. The number of aliphatic imine (C=N–C) groups is 1. The molecule has 0 radical (unpaired) electrons. The van der Waals surface area contributed by atoms with Crippen LogP contribution in [0, 0.1) is 5.92 Å². The van der Waals surface area contributed by atoms with Crippen molar-refractivity contribution < 1.29 is 9.53 Å². The fraction of sp³-hybridized carbons (Fsp3) is 0.636. The maximum Gasteiger partial charge on any atom is 0.223 e. The van der Waals surface area contributed by atoms with Crippen LogP contribution < -0.4 is 20.7 Å². The molecule has 0 aromatic heterocycles. The van der Waals surface area contributed by atoms with Gasteiger partial charge in [0, 0.05) is 38.0 Å². The zero-order chi connectivity index (χ0) is 19.3. The van der Waals surface area contributed by atoms with Crippen LogP contribution in [0.25, 0.3) is 0 Å². The van der Waals surface area contributed by atoms with Crippen molar-refractivity contribution in [3.63, 3.8) is 0 Å². The topological polar surface area (TPSA) is 74.8 Å². The van der Waals surface area contributed by atoms with Crippen LogP contribution in [0.15, 0.2) is 23.2 Å². The molecule has 2 fully saturated rings. The number of fused-ring (bicyclic) bond motifs is 1. The molecule has 0 saturated heterocycles. The standard InChI is InChI=1S/C22H32N4O2.HI/c1-23-22(24-11-9-15-5-8-20-16(13-15)10-12-28-20)26-19-4-2-3-17(14-19)21(27)25-18-6-7-18;/h5,8,13,17-19H,2-4,6-7,9-12,14H2,1H3,(H,25,27)(H2,23,24,26);1H. The number of rotatable bonds is 6. The molecule has 2 atom stereocenters. The third-order valence-corrected chi connectivity index (χ3v) is 5.99. The number of amides is 1. The summed E-state index contributed by atoms with van der Waals surface area (Å²) in [7, 11) is 1.81. The van der Waals surface area contributed by atoms with Gasteiger partial charge in [0.1, 0.15) is 5.75 Å². The van der Waals surface area contributed by atoms with Gasteiger partial charge in [0.15, 0.2) is 5.96 Å². The van der Waals surface area contributed by atoms with Gasteiger partial charge in [0.25, 0.3) is 0 Å². The van der Waals surface area contributed by atoms with Crippen molar-refractivity contribution in [3.05, 3.63) is 29.3 Å². The van der Waals surface area contributed by atoms with Crippen LogP contribution in [0.1, 0.15) is 49.7 Å². The Kier molecular flexibility index (Phi) is 8.03. The van der Waals surface area contributed by atoms with Crippen LogP contribution in [0.4, 0.5) is 0 Å². The van der Waals surface area contributed by atoms with E-state index >= 15 is 0 Å². The molecular formula is C22H33IN4O2. The average Bonchev–Trinajstić information content (AvgIpc) is 3.40. The Balaban J connectivity index is 0.00000240. The zero-order valence-electron chi connectivity index (χ0n) is 17.2. The second kappa shape index (κ2) is 10.5. The summed E-state index contributed by atoms with van der Waals surface area (Å²) >= 11 is 0. The minimum absolute atomic E-state index is 0. The van der Waals surface area contributed by atoms with Gasteiger partial charge < -0.3 is 20.7 Å². The van der Waals surface area contributed by atoms with Crippen molar-refractivity contribution >= 4 is 35.8 Å². The van der Waals surface area contributed by atoms with Gasteiger partial charge in [0.2, 0.25) is 5.91 Å². The molecule has 160 valence electrons. The predicted molar refractivity (Wildman–Crippen MR) is 126 cm³/mol. The van der Waals surface area contributed by atoms with Gasteiger partial charge in [-0.15, -0.1) is 24.0 Å². The summed E-state index contributed by atoms with van der Waals surface area (Å²) in [6, 6.07) is 7.24. The first kappa shape index (κ1) is 22.2. The molecule has 1 aromatic carbocycles. The van der Waals surface area contributed by atoms with Crippen LogP contribution in [-0.4, -0.2) is 44.1 Å². The first-order valence-electron chi connectivity index (χ1n) is 10.7. The lowest BCUT2D eigenvalue weighted by Crippen LogP contribution is -2.47. The second-order valence-electron chi connectivity index (χ2n) is 8.28. The Morgan fingerprint density at radius 2 is 2.03 bits per heavy atom. The van der Waals surface area contributed by atoms with E-state index in [2.05, 4.69) is 39.1 Å². The first-order valence-corrected chi connectivity index (χ1v) is 10.7. The van der Waals surface area contributed by atoms with Crippen LogP contribution in [0.3, 0.4) is 0 Å². The number of halogens is 1. The van der Waals surface area contributed by atoms with Crippen LogP contribution in [-0.2, 0) is 17.6 Å². The number of carbonyl (C=O) groups excluding carboxylic acids is 1. The Labute approximate surface area is 190 Å². The number of guanidine groups is 1. The van der Waals surface area contributed by atoms with Gasteiger partial charge in [-0.1, -0.05) is 18.6 Å². The van der Waals surface area contributed by atoms with E-state index in [4.69, 9.17) is 4.74 Å². The van der Waals surface area contributed by atoms with Gasteiger partial charge in [-0.05, 0) is 55.7 Å². The molecule has 6 nitrogen and oxygen atoms in total. The summed E-state index contributed by atoms with van der Waals surface area (Å²) in [5.41, 5.74) is 2.64. The Morgan fingerprint density at radius 3 is 2.83 bits per heavy atom. The van der Waals surface area contributed by atoms with Crippen molar-refractivity contribution in [1.82, 2.24) is 16.0 Å². The van der Waals surface area contributed by atoms with Crippen LogP contribution >= 0.6 is 24.0 Å². The van der Waals surface area contributed by atoms with E-state index in [0.29, 0.717) is 12.1 Å². The smallest absolute Gasteiger partial charge is 0.223 e. The van der Waals surface area contributed by atoms with E-state index in [-0.39, 0.29) is 35.8 Å². The maximum atomic E-state index is 12.4. The van der Waals surface area contributed by atoms with Gasteiger partial charge in [0.05, 0.1) is 6.61 Å². The van der Waals surface area contributed by atoms with E-state index in [9.17, 15) is 4.79 Å². The Bertz CT molecular complexity index is 736. The normalized spacial score (nSPS) is 23.4. The molecule has 2 aliphatic carbocycles. The molecule has 0 spiro atoms. The minimum Gasteiger partial charge on any atom is -0.493 e. The summed E-state index contributed by atoms with van der Waals surface area (Å²) < 4.78 is 5.57. The summed E-state index contributed by atoms with van der Waals surface area (Å²) in [5, 5.41) is 10.1. The van der Waals surface area contributed by atoms with Crippen molar-refractivity contribution in [2.45, 2.75) is 63.5 Å². The molecule has 7 heteroatoms. The molecule has 4 rings (SSSR count).